The average Bonchev–Trinajstić information content (AvgIpc) is 2.08. The molecule has 0 N–H and O–H groups in total. The lowest BCUT2D eigenvalue weighted by atomic mass is 10.2. The molecule has 1 aliphatic rings. The summed E-state index contributed by atoms with van der Waals surface area (Å²) in [6.07, 6.45) is 2.84. The number of hydrogen-bond donors (Lipinski definition) is 0. The average molecular weight is 295 g/mol. The third-order valence-corrected chi connectivity index (χ3v) is 3.13. The van der Waals surface area contributed by atoms with Crippen molar-refractivity contribution in [1.82, 2.24) is 4.90 Å². The van der Waals surface area contributed by atoms with Crippen molar-refractivity contribution < 1.29 is 4.79 Å². The van der Waals surface area contributed by atoms with Crippen molar-refractivity contribution in [2.75, 3.05) is 11.9 Å². The van der Waals surface area contributed by atoms with Gasteiger partial charge >= 0.3 is 0 Å². The predicted molar refractivity (Wildman–Crippen MR) is 56.3 cm³/mol. The van der Waals surface area contributed by atoms with E-state index in [0.717, 1.165) is 21.9 Å². The van der Waals surface area contributed by atoms with Gasteiger partial charge in [-0.05, 0) is 18.6 Å². The van der Waals surface area contributed by atoms with Gasteiger partial charge < -0.3 is 4.90 Å². The van der Waals surface area contributed by atoms with Crippen LogP contribution in [0.2, 0.25) is 0 Å². The summed E-state index contributed by atoms with van der Waals surface area (Å²) in [5.74, 6) is 0. The Bertz CT molecular complexity index is 258. The zero-order valence-electron chi connectivity index (χ0n) is 6.68. The van der Waals surface area contributed by atoms with Crippen LogP contribution < -0.4 is 0 Å². The van der Waals surface area contributed by atoms with Crippen molar-refractivity contribution in [2.45, 2.75) is 6.92 Å². The molecule has 1 amide bonds. The summed E-state index contributed by atoms with van der Waals surface area (Å²) in [5.41, 5.74) is 2.19. The monoisotopic (exact) mass is 293 g/mol. The Balaban J connectivity index is 2.90. The summed E-state index contributed by atoms with van der Waals surface area (Å²) < 4.78 is 1.07. The molecule has 1 aliphatic heterocycles. The van der Waals surface area contributed by atoms with Gasteiger partial charge in [0, 0.05) is 15.5 Å². The second kappa shape index (κ2) is 4.23. The van der Waals surface area contributed by atoms with E-state index in [1.165, 1.54) is 5.57 Å². The highest BCUT2D eigenvalue weighted by atomic mass is 79.9. The molecule has 2 nitrogen and oxygen atoms in total. The van der Waals surface area contributed by atoms with Gasteiger partial charge in [0.1, 0.15) is 0 Å². The summed E-state index contributed by atoms with van der Waals surface area (Å²) in [7, 11) is 0. The summed E-state index contributed by atoms with van der Waals surface area (Å²) in [6, 6.07) is 0. The van der Waals surface area contributed by atoms with E-state index in [9.17, 15) is 4.79 Å². The lowest BCUT2D eigenvalue weighted by Crippen LogP contribution is -2.24. The van der Waals surface area contributed by atoms with Crippen molar-refractivity contribution in [1.29, 1.82) is 0 Å². The lowest BCUT2D eigenvalue weighted by Gasteiger charge is -2.23. The van der Waals surface area contributed by atoms with Crippen LogP contribution in [0.15, 0.2) is 21.8 Å². The molecule has 0 saturated heterocycles. The highest BCUT2D eigenvalue weighted by Gasteiger charge is 2.14. The van der Waals surface area contributed by atoms with Gasteiger partial charge in [-0.15, -0.1) is 0 Å². The minimum atomic E-state index is 0.646. The molecular weight excluding hydrogens is 286 g/mol. The second-order valence-corrected chi connectivity index (χ2v) is 4.10. The summed E-state index contributed by atoms with van der Waals surface area (Å²) in [6.45, 7) is 2.57. The molecule has 0 fully saturated rings. The lowest BCUT2D eigenvalue weighted by molar-refractivity contribution is -0.116. The Morgan fingerprint density at radius 2 is 2.42 bits per heavy atom. The zero-order valence-corrected chi connectivity index (χ0v) is 9.85. The third-order valence-electron chi connectivity index (χ3n) is 1.76. The topological polar surface area (TPSA) is 20.3 Å². The van der Waals surface area contributed by atoms with Gasteiger partial charge in [-0.3, -0.25) is 4.79 Å². The molecule has 0 aliphatic carbocycles. The Kier molecular flexibility index (Phi) is 3.53. The summed E-state index contributed by atoms with van der Waals surface area (Å²) in [5, 5.41) is 0.817. The van der Waals surface area contributed by atoms with Gasteiger partial charge in [0.15, 0.2) is 0 Å². The predicted octanol–water partition coefficient (Wildman–Crippen LogP) is 2.41. The Labute approximate surface area is 88.6 Å². The van der Waals surface area contributed by atoms with E-state index in [-0.39, 0.29) is 0 Å². The molecule has 66 valence electrons. The van der Waals surface area contributed by atoms with Crippen LogP contribution in [0.5, 0.6) is 0 Å². The number of allylic oxidation sites excluding steroid dienone is 3. The molecular formula is C8H9Br2NO. The fourth-order valence-corrected chi connectivity index (χ4v) is 2.42. The molecule has 0 aromatic carbocycles. The first kappa shape index (κ1) is 9.99. The van der Waals surface area contributed by atoms with E-state index >= 15 is 0 Å². The Hall–Kier alpha value is -0.0900. The molecule has 1 heterocycles. The van der Waals surface area contributed by atoms with Gasteiger partial charge in [-0.1, -0.05) is 31.9 Å². The Morgan fingerprint density at radius 1 is 1.75 bits per heavy atom. The third kappa shape index (κ3) is 1.98. The fourth-order valence-electron chi connectivity index (χ4n) is 1.02. The first-order chi connectivity index (χ1) is 5.69. The van der Waals surface area contributed by atoms with Gasteiger partial charge in [-0.2, -0.15) is 0 Å². The number of amides is 1. The highest BCUT2D eigenvalue weighted by molar-refractivity contribution is 9.12. The number of carbonyl (C=O) groups excluding carboxylic acids is 1. The normalized spacial score (nSPS) is 17.9. The van der Waals surface area contributed by atoms with Crippen LogP contribution >= 0.6 is 31.9 Å². The van der Waals surface area contributed by atoms with Crippen molar-refractivity contribution >= 4 is 38.3 Å². The van der Waals surface area contributed by atoms with Crippen LogP contribution in [-0.2, 0) is 4.79 Å². The maximum Gasteiger partial charge on any atom is 0.214 e. The van der Waals surface area contributed by atoms with Crippen molar-refractivity contribution in [3.63, 3.8) is 0 Å². The molecule has 12 heavy (non-hydrogen) atoms. The van der Waals surface area contributed by atoms with E-state index in [1.807, 2.05) is 13.0 Å². The van der Waals surface area contributed by atoms with Crippen molar-refractivity contribution in [2.24, 2.45) is 0 Å². The molecule has 1 rings (SSSR count). The number of carbonyl (C=O) groups is 1. The second-order valence-electron chi connectivity index (χ2n) is 2.58. The van der Waals surface area contributed by atoms with Crippen LogP contribution in [0.1, 0.15) is 6.92 Å². The molecule has 0 aromatic rings. The van der Waals surface area contributed by atoms with Crippen molar-refractivity contribution in [3.8, 4) is 0 Å². The van der Waals surface area contributed by atoms with E-state index in [1.54, 1.807) is 4.90 Å². The van der Waals surface area contributed by atoms with Gasteiger partial charge in [0.05, 0.1) is 6.54 Å². The van der Waals surface area contributed by atoms with Crippen LogP contribution in [0.4, 0.5) is 0 Å². The van der Waals surface area contributed by atoms with Crippen LogP contribution in [0, 0.1) is 0 Å². The minimum absolute atomic E-state index is 0.646. The molecule has 0 aromatic heterocycles. The maximum atomic E-state index is 10.5. The number of alkyl halides is 1. The van der Waals surface area contributed by atoms with Gasteiger partial charge in [0.25, 0.3) is 0 Å². The number of halogens is 2. The van der Waals surface area contributed by atoms with Crippen molar-refractivity contribution in [3.05, 3.63) is 21.8 Å². The first-order valence-electron chi connectivity index (χ1n) is 3.52. The molecule has 0 bridgehead atoms. The molecule has 0 atom stereocenters. The SMILES string of the molecule is CC1=CC(CBr)=C(Br)CN1C=O. The first-order valence-corrected chi connectivity index (χ1v) is 5.44. The van der Waals surface area contributed by atoms with E-state index < -0.39 is 0 Å². The standard InChI is InChI=1S/C8H9Br2NO/c1-6-2-7(3-9)8(10)4-11(6)5-12/h2,5H,3-4H2,1H3. The molecule has 0 radical (unpaired) electrons. The summed E-state index contributed by atoms with van der Waals surface area (Å²) >= 11 is 6.81. The van der Waals surface area contributed by atoms with E-state index in [4.69, 9.17) is 0 Å². The number of rotatable bonds is 2. The van der Waals surface area contributed by atoms with E-state index in [2.05, 4.69) is 31.9 Å². The van der Waals surface area contributed by atoms with Crippen LogP contribution in [0.25, 0.3) is 0 Å². The van der Waals surface area contributed by atoms with Gasteiger partial charge in [-0.25, -0.2) is 0 Å². The largest absolute Gasteiger partial charge is 0.314 e. The van der Waals surface area contributed by atoms with E-state index in [0.29, 0.717) is 6.54 Å². The maximum absolute atomic E-state index is 10.5. The zero-order chi connectivity index (χ0) is 9.14. The van der Waals surface area contributed by atoms with Gasteiger partial charge in [0.2, 0.25) is 6.41 Å². The molecule has 0 saturated carbocycles. The minimum Gasteiger partial charge on any atom is -0.314 e. The quantitative estimate of drug-likeness (QED) is 0.566. The molecule has 4 heteroatoms. The fraction of sp³-hybridized carbons (Fsp3) is 0.375. The van der Waals surface area contributed by atoms with Crippen LogP contribution in [-0.4, -0.2) is 23.2 Å². The Morgan fingerprint density at radius 3 is 2.92 bits per heavy atom. The van der Waals surface area contributed by atoms with Crippen LogP contribution in [0.3, 0.4) is 0 Å². The summed E-state index contributed by atoms with van der Waals surface area (Å²) in [4.78, 5) is 12.2. The highest BCUT2D eigenvalue weighted by Crippen LogP contribution is 2.24. The smallest absolute Gasteiger partial charge is 0.214 e. The number of hydrogen-bond acceptors (Lipinski definition) is 1. The number of nitrogens with zero attached hydrogens (tertiary/aromatic N) is 1. The molecule has 0 unspecified atom stereocenters. The molecule has 0 spiro atoms.